The first-order chi connectivity index (χ1) is 7.31. The van der Waals surface area contributed by atoms with E-state index in [0.717, 1.165) is 25.6 Å². The zero-order chi connectivity index (χ0) is 11.1. The summed E-state index contributed by atoms with van der Waals surface area (Å²) in [6.45, 7) is 7.42. The summed E-state index contributed by atoms with van der Waals surface area (Å²) in [6.07, 6.45) is 4.90. The highest BCUT2D eigenvalue weighted by Crippen LogP contribution is 2.27. The summed E-state index contributed by atoms with van der Waals surface area (Å²) in [5.41, 5.74) is 0. The minimum absolute atomic E-state index is 0.0353. The number of hydrogen-bond donors (Lipinski definition) is 1. The molecule has 1 aliphatic carbocycles. The Balaban J connectivity index is 2.22. The fourth-order valence-electron chi connectivity index (χ4n) is 1.96. The average Bonchev–Trinajstić information content (AvgIpc) is 3.06. The number of rotatable bonds is 8. The van der Waals surface area contributed by atoms with Crippen molar-refractivity contribution in [2.45, 2.75) is 51.6 Å². The van der Waals surface area contributed by atoms with E-state index in [4.69, 9.17) is 5.26 Å². The van der Waals surface area contributed by atoms with Gasteiger partial charge in [0.05, 0.1) is 12.1 Å². The smallest absolute Gasteiger partial charge is 0.0965 e. The SMILES string of the molecule is CCCN(CCC(C#N)NCC)C1CC1. The monoisotopic (exact) mass is 209 g/mol. The highest BCUT2D eigenvalue weighted by atomic mass is 15.2. The topological polar surface area (TPSA) is 39.1 Å². The molecule has 1 atom stereocenters. The van der Waals surface area contributed by atoms with Crippen LogP contribution in [0.15, 0.2) is 0 Å². The first kappa shape index (κ1) is 12.5. The van der Waals surface area contributed by atoms with E-state index >= 15 is 0 Å². The molecule has 1 N–H and O–H groups in total. The van der Waals surface area contributed by atoms with Crippen LogP contribution in [-0.4, -0.2) is 36.6 Å². The second-order valence-electron chi connectivity index (χ2n) is 4.30. The van der Waals surface area contributed by atoms with E-state index < -0.39 is 0 Å². The molecule has 0 aromatic rings. The molecule has 0 spiro atoms. The maximum Gasteiger partial charge on any atom is 0.0965 e. The van der Waals surface area contributed by atoms with Gasteiger partial charge >= 0.3 is 0 Å². The molecule has 86 valence electrons. The molecule has 3 heteroatoms. The minimum Gasteiger partial charge on any atom is -0.302 e. The van der Waals surface area contributed by atoms with Crippen LogP contribution in [0.5, 0.6) is 0 Å². The first-order valence-electron chi connectivity index (χ1n) is 6.18. The Morgan fingerprint density at radius 2 is 2.13 bits per heavy atom. The van der Waals surface area contributed by atoms with Crippen LogP contribution in [-0.2, 0) is 0 Å². The van der Waals surface area contributed by atoms with Gasteiger partial charge in [0, 0.05) is 12.6 Å². The Bertz CT molecular complexity index is 205. The first-order valence-corrected chi connectivity index (χ1v) is 6.18. The number of nitrogens with one attached hydrogen (secondary N) is 1. The van der Waals surface area contributed by atoms with Crippen molar-refractivity contribution in [2.24, 2.45) is 0 Å². The number of hydrogen-bond acceptors (Lipinski definition) is 3. The summed E-state index contributed by atoms with van der Waals surface area (Å²) in [5, 5.41) is 12.1. The molecular formula is C12H23N3. The van der Waals surface area contributed by atoms with Crippen molar-refractivity contribution in [3.63, 3.8) is 0 Å². The summed E-state index contributed by atoms with van der Waals surface area (Å²) >= 11 is 0. The maximum atomic E-state index is 8.92. The zero-order valence-corrected chi connectivity index (χ0v) is 10.00. The Labute approximate surface area is 93.5 Å². The number of nitrogens with zero attached hydrogens (tertiary/aromatic N) is 2. The Kier molecular flexibility index (Phi) is 5.67. The van der Waals surface area contributed by atoms with Gasteiger partial charge < -0.3 is 10.2 Å². The third-order valence-electron chi connectivity index (χ3n) is 2.89. The van der Waals surface area contributed by atoms with E-state index in [0.29, 0.717) is 0 Å². The van der Waals surface area contributed by atoms with Crippen molar-refractivity contribution in [2.75, 3.05) is 19.6 Å². The van der Waals surface area contributed by atoms with Gasteiger partial charge in [0.25, 0.3) is 0 Å². The lowest BCUT2D eigenvalue weighted by atomic mass is 10.2. The van der Waals surface area contributed by atoms with Crippen LogP contribution < -0.4 is 5.32 Å². The van der Waals surface area contributed by atoms with Crippen LogP contribution in [0, 0.1) is 11.3 Å². The number of nitriles is 1. The molecule has 0 saturated heterocycles. The quantitative estimate of drug-likeness (QED) is 0.662. The third kappa shape index (κ3) is 4.63. The summed E-state index contributed by atoms with van der Waals surface area (Å²) in [4.78, 5) is 2.54. The normalized spacial score (nSPS) is 17.7. The van der Waals surface area contributed by atoms with Gasteiger partial charge in [-0.2, -0.15) is 5.26 Å². The molecule has 0 bridgehead atoms. The molecule has 3 nitrogen and oxygen atoms in total. The van der Waals surface area contributed by atoms with Crippen molar-refractivity contribution in [1.29, 1.82) is 5.26 Å². The van der Waals surface area contributed by atoms with Crippen LogP contribution in [0.1, 0.15) is 39.5 Å². The molecule has 1 unspecified atom stereocenters. The van der Waals surface area contributed by atoms with Gasteiger partial charge in [-0.3, -0.25) is 0 Å². The second-order valence-corrected chi connectivity index (χ2v) is 4.30. The molecule has 0 aromatic carbocycles. The van der Waals surface area contributed by atoms with E-state index in [1.165, 1.54) is 25.8 Å². The molecular weight excluding hydrogens is 186 g/mol. The lowest BCUT2D eigenvalue weighted by Crippen LogP contribution is -2.34. The Morgan fingerprint density at radius 1 is 1.40 bits per heavy atom. The van der Waals surface area contributed by atoms with E-state index in [1.54, 1.807) is 0 Å². The van der Waals surface area contributed by atoms with E-state index in [1.807, 2.05) is 0 Å². The third-order valence-corrected chi connectivity index (χ3v) is 2.89. The predicted octanol–water partition coefficient (Wildman–Crippen LogP) is 1.75. The lowest BCUT2D eigenvalue weighted by Gasteiger charge is -2.22. The van der Waals surface area contributed by atoms with Crippen LogP contribution in [0.3, 0.4) is 0 Å². The van der Waals surface area contributed by atoms with Gasteiger partial charge in [0.1, 0.15) is 0 Å². The van der Waals surface area contributed by atoms with Gasteiger partial charge in [-0.05, 0) is 38.8 Å². The summed E-state index contributed by atoms with van der Waals surface area (Å²) in [7, 11) is 0. The second kappa shape index (κ2) is 6.81. The van der Waals surface area contributed by atoms with E-state index in [-0.39, 0.29) is 6.04 Å². The molecule has 15 heavy (non-hydrogen) atoms. The molecule has 1 rings (SSSR count). The van der Waals surface area contributed by atoms with Crippen LogP contribution >= 0.6 is 0 Å². The van der Waals surface area contributed by atoms with Crippen molar-refractivity contribution >= 4 is 0 Å². The summed E-state index contributed by atoms with van der Waals surface area (Å²) in [6, 6.07) is 3.18. The van der Waals surface area contributed by atoms with Crippen molar-refractivity contribution in [3.8, 4) is 6.07 Å². The molecule has 0 amide bonds. The fourth-order valence-corrected chi connectivity index (χ4v) is 1.96. The fraction of sp³-hybridized carbons (Fsp3) is 0.917. The summed E-state index contributed by atoms with van der Waals surface area (Å²) in [5.74, 6) is 0. The summed E-state index contributed by atoms with van der Waals surface area (Å²) < 4.78 is 0. The van der Waals surface area contributed by atoms with Gasteiger partial charge in [-0.1, -0.05) is 13.8 Å². The van der Waals surface area contributed by atoms with Crippen LogP contribution in [0.4, 0.5) is 0 Å². The van der Waals surface area contributed by atoms with Gasteiger partial charge in [0.15, 0.2) is 0 Å². The Hall–Kier alpha value is -0.590. The van der Waals surface area contributed by atoms with Crippen molar-refractivity contribution < 1.29 is 0 Å². The van der Waals surface area contributed by atoms with E-state index in [9.17, 15) is 0 Å². The molecule has 0 aromatic heterocycles. The predicted molar refractivity (Wildman–Crippen MR) is 62.6 cm³/mol. The van der Waals surface area contributed by atoms with E-state index in [2.05, 4.69) is 30.1 Å². The minimum atomic E-state index is 0.0353. The Morgan fingerprint density at radius 3 is 2.60 bits per heavy atom. The molecule has 0 radical (unpaired) electrons. The van der Waals surface area contributed by atoms with Crippen LogP contribution in [0.25, 0.3) is 0 Å². The van der Waals surface area contributed by atoms with Gasteiger partial charge in [0.2, 0.25) is 0 Å². The van der Waals surface area contributed by atoms with Crippen LogP contribution in [0.2, 0.25) is 0 Å². The molecule has 1 saturated carbocycles. The largest absolute Gasteiger partial charge is 0.302 e. The highest BCUT2D eigenvalue weighted by Gasteiger charge is 2.28. The standard InChI is InChI=1S/C12H23N3/c1-3-8-15(12-5-6-12)9-7-11(10-13)14-4-2/h11-12,14H,3-9H2,1-2H3. The molecule has 0 aliphatic heterocycles. The van der Waals surface area contributed by atoms with Gasteiger partial charge in [-0.25, -0.2) is 0 Å². The lowest BCUT2D eigenvalue weighted by molar-refractivity contribution is 0.254. The van der Waals surface area contributed by atoms with Crippen molar-refractivity contribution in [1.82, 2.24) is 10.2 Å². The maximum absolute atomic E-state index is 8.92. The molecule has 1 aliphatic rings. The molecule has 1 fully saturated rings. The highest BCUT2D eigenvalue weighted by molar-refractivity contribution is 4.91. The van der Waals surface area contributed by atoms with Crippen molar-refractivity contribution in [3.05, 3.63) is 0 Å². The average molecular weight is 209 g/mol. The van der Waals surface area contributed by atoms with Gasteiger partial charge in [-0.15, -0.1) is 0 Å². The zero-order valence-electron chi connectivity index (χ0n) is 10.00. The molecule has 0 heterocycles.